The Morgan fingerprint density at radius 3 is 2.71 bits per heavy atom. The molecule has 0 bridgehead atoms. The number of hydrogen-bond acceptors (Lipinski definition) is 5. The highest BCUT2D eigenvalue weighted by Gasteiger charge is 2.07. The quantitative estimate of drug-likeness (QED) is 0.796. The van der Waals surface area contributed by atoms with Crippen LogP contribution in [0.4, 0.5) is 17.3 Å². The average Bonchev–Trinajstić information content (AvgIpc) is 2.43. The second-order valence-corrected chi connectivity index (χ2v) is 5.56. The zero-order valence-corrected chi connectivity index (χ0v) is 14.1. The Morgan fingerprint density at radius 2 is 2.00 bits per heavy atom. The van der Waals surface area contributed by atoms with Gasteiger partial charge in [-0.2, -0.15) is 0 Å². The fraction of sp³-hybridized carbons (Fsp3) is 0.286. The first kappa shape index (κ1) is 16.0. The predicted molar refractivity (Wildman–Crippen MR) is 89.3 cm³/mol. The molecule has 0 unspecified atom stereocenters. The van der Waals surface area contributed by atoms with E-state index in [1.165, 1.54) is 0 Å². The number of hydrogen-bond donors (Lipinski definition) is 2. The predicted octanol–water partition coefficient (Wildman–Crippen LogP) is 4.21. The lowest BCUT2D eigenvalue weighted by Crippen LogP contribution is -2.07. The highest BCUT2D eigenvalue weighted by atomic mass is 79.9. The van der Waals surface area contributed by atoms with Crippen LogP contribution >= 0.6 is 27.5 Å². The number of rotatable bonds is 6. The fourth-order valence-electron chi connectivity index (χ4n) is 1.76. The molecule has 1 heterocycles. The van der Waals surface area contributed by atoms with Crippen molar-refractivity contribution in [3.8, 4) is 0 Å². The number of anilines is 3. The van der Waals surface area contributed by atoms with Crippen molar-refractivity contribution in [2.75, 3.05) is 24.3 Å². The molecule has 0 amide bonds. The first-order chi connectivity index (χ1) is 10.1. The van der Waals surface area contributed by atoms with Crippen molar-refractivity contribution < 1.29 is 4.74 Å². The van der Waals surface area contributed by atoms with Crippen LogP contribution in [0.2, 0.25) is 5.02 Å². The molecule has 0 saturated carbocycles. The maximum Gasteiger partial charge on any atom is 0.158 e. The summed E-state index contributed by atoms with van der Waals surface area (Å²) in [5, 5.41) is 7.06. The number of methoxy groups -OCH3 is 1. The van der Waals surface area contributed by atoms with Gasteiger partial charge in [-0.15, -0.1) is 0 Å². The van der Waals surface area contributed by atoms with Gasteiger partial charge in [-0.05, 0) is 41.1 Å². The van der Waals surface area contributed by atoms with Crippen molar-refractivity contribution in [1.82, 2.24) is 9.97 Å². The molecule has 0 radical (unpaired) electrons. The van der Waals surface area contributed by atoms with Crippen molar-refractivity contribution in [3.63, 3.8) is 0 Å². The summed E-state index contributed by atoms with van der Waals surface area (Å²) < 4.78 is 6.00. The number of nitrogens with one attached hydrogen (secondary N) is 2. The molecule has 0 aliphatic carbocycles. The summed E-state index contributed by atoms with van der Waals surface area (Å²) in [6.45, 7) is 3.15. The second-order valence-electron chi connectivity index (χ2n) is 4.27. The van der Waals surface area contributed by atoms with Gasteiger partial charge in [0.15, 0.2) is 5.82 Å². The van der Waals surface area contributed by atoms with Crippen molar-refractivity contribution in [1.29, 1.82) is 0 Å². The SMILES string of the molecule is CCNc1cc(Nc2cc(Cl)ccc2Br)nc(COC)n1. The zero-order valence-electron chi connectivity index (χ0n) is 11.8. The Labute approximate surface area is 137 Å². The first-order valence-electron chi connectivity index (χ1n) is 6.45. The molecule has 0 fully saturated rings. The fourth-order valence-corrected chi connectivity index (χ4v) is 2.28. The highest BCUT2D eigenvalue weighted by Crippen LogP contribution is 2.28. The number of nitrogens with zero attached hydrogens (tertiary/aromatic N) is 2. The van der Waals surface area contributed by atoms with E-state index in [9.17, 15) is 0 Å². The Hall–Kier alpha value is -1.37. The molecule has 2 rings (SSSR count). The third-order valence-corrected chi connectivity index (χ3v) is 3.52. The van der Waals surface area contributed by atoms with Crippen LogP contribution in [0.3, 0.4) is 0 Å². The standard InChI is InChI=1S/C14H16BrClN4O/c1-3-17-12-7-13(20-14(19-12)8-21-2)18-11-6-9(16)4-5-10(11)15/h4-7H,3,8H2,1-2H3,(H2,17,18,19,20). The van der Waals surface area contributed by atoms with E-state index in [1.807, 2.05) is 31.2 Å². The van der Waals surface area contributed by atoms with Crippen LogP contribution in [0.1, 0.15) is 12.7 Å². The Morgan fingerprint density at radius 1 is 1.24 bits per heavy atom. The van der Waals surface area contributed by atoms with Gasteiger partial charge in [-0.3, -0.25) is 0 Å². The van der Waals surface area contributed by atoms with Gasteiger partial charge in [0.25, 0.3) is 0 Å². The maximum absolute atomic E-state index is 6.02. The van der Waals surface area contributed by atoms with Crippen LogP contribution in [0.5, 0.6) is 0 Å². The first-order valence-corrected chi connectivity index (χ1v) is 7.62. The van der Waals surface area contributed by atoms with E-state index in [4.69, 9.17) is 16.3 Å². The van der Waals surface area contributed by atoms with E-state index in [1.54, 1.807) is 7.11 Å². The van der Waals surface area contributed by atoms with Gasteiger partial charge < -0.3 is 15.4 Å². The smallest absolute Gasteiger partial charge is 0.158 e. The van der Waals surface area contributed by atoms with Gasteiger partial charge in [0.1, 0.15) is 18.2 Å². The van der Waals surface area contributed by atoms with Gasteiger partial charge in [0.2, 0.25) is 0 Å². The molecule has 1 aromatic carbocycles. The minimum absolute atomic E-state index is 0.352. The molecule has 7 heteroatoms. The van der Waals surface area contributed by atoms with Crippen molar-refractivity contribution in [3.05, 3.63) is 39.6 Å². The molecule has 0 aliphatic heterocycles. The van der Waals surface area contributed by atoms with Gasteiger partial charge >= 0.3 is 0 Å². The van der Waals surface area contributed by atoms with Gasteiger partial charge in [-0.25, -0.2) is 9.97 Å². The molecular weight excluding hydrogens is 356 g/mol. The van der Waals surface area contributed by atoms with Crippen LogP contribution in [0, 0.1) is 0 Å². The molecular formula is C14H16BrClN4O. The molecule has 0 atom stereocenters. The van der Waals surface area contributed by atoms with Crippen molar-refractivity contribution >= 4 is 44.9 Å². The highest BCUT2D eigenvalue weighted by molar-refractivity contribution is 9.10. The van der Waals surface area contributed by atoms with Crippen molar-refractivity contribution in [2.45, 2.75) is 13.5 Å². The monoisotopic (exact) mass is 370 g/mol. The molecule has 112 valence electrons. The second kappa shape index (κ2) is 7.59. The third kappa shape index (κ3) is 4.56. The summed E-state index contributed by atoms with van der Waals surface area (Å²) in [6, 6.07) is 7.37. The summed E-state index contributed by atoms with van der Waals surface area (Å²) in [5.41, 5.74) is 0.840. The molecule has 1 aromatic heterocycles. The molecule has 2 N–H and O–H groups in total. The van der Waals surface area contributed by atoms with E-state index in [-0.39, 0.29) is 0 Å². The molecule has 0 spiro atoms. The van der Waals surface area contributed by atoms with Crippen LogP contribution in [-0.4, -0.2) is 23.6 Å². The lowest BCUT2D eigenvalue weighted by atomic mass is 10.3. The van der Waals surface area contributed by atoms with Gasteiger partial charge in [0.05, 0.1) is 5.69 Å². The van der Waals surface area contributed by atoms with E-state index in [0.717, 1.165) is 22.5 Å². The Bertz CT molecular complexity index is 600. The van der Waals surface area contributed by atoms with Crippen LogP contribution in [0.25, 0.3) is 0 Å². The van der Waals surface area contributed by atoms with Gasteiger partial charge in [-0.1, -0.05) is 11.6 Å². The number of aromatic nitrogens is 2. The van der Waals surface area contributed by atoms with E-state index in [2.05, 4.69) is 36.5 Å². The lowest BCUT2D eigenvalue weighted by molar-refractivity contribution is 0.178. The summed E-state index contributed by atoms with van der Waals surface area (Å²) in [4.78, 5) is 8.79. The summed E-state index contributed by atoms with van der Waals surface area (Å²) in [7, 11) is 1.62. The van der Waals surface area contributed by atoms with Crippen LogP contribution in [0.15, 0.2) is 28.7 Å². The Kier molecular flexibility index (Phi) is 5.78. The summed E-state index contributed by atoms with van der Waals surface area (Å²) in [6.07, 6.45) is 0. The normalized spacial score (nSPS) is 10.5. The third-order valence-electron chi connectivity index (χ3n) is 2.59. The lowest BCUT2D eigenvalue weighted by Gasteiger charge is -2.12. The van der Waals surface area contributed by atoms with E-state index in [0.29, 0.717) is 23.3 Å². The molecule has 21 heavy (non-hydrogen) atoms. The largest absolute Gasteiger partial charge is 0.377 e. The van der Waals surface area contributed by atoms with Crippen LogP contribution in [-0.2, 0) is 11.3 Å². The summed E-state index contributed by atoms with van der Waals surface area (Å²) in [5.74, 6) is 2.03. The maximum atomic E-state index is 6.02. The van der Waals surface area contributed by atoms with E-state index >= 15 is 0 Å². The van der Waals surface area contributed by atoms with Crippen molar-refractivity contribution in [2.24, 2.45) is 0 Å². The molecule has 5 nitrogen and oxygen atoms in total. The van der Waals surface area contributed by atoms with E-state index < -0.39 is 0 Å². The minimum atomic E-state index is 0.352. The molecule has 0 saturated heterocycles. The number of benzene rings is 1. The zero-order chi connectivity index (χ0) is 15.2. The number of ether oxygens (including phenoxy) is 1. The minimum Gasteiger partial charge on any atom is -0.377 e. The average molecular weight is 372 g/mol. The topological polar surface area (TPSA) is 59.1 Å². The Balaban J connectivity index is 2.31. The van der Waals surface area contributed by atoms with Gasteiger partial charge in [0, 0.05) is 29.2 Å². The van der Waals surface area contributed by atoms with Crippen LogP contribution < -0.4 is 10.6 Å². The molecule has 2 aromatic rings. The summed E-state index contributed by atoms with van der Waals surface area (Å²) >= 11 is 9.50. The number of halogens is 2. The molecule has 0 aliphatic rings.